The second kappa shape index (κ2) is 8.58. The maximum Gasteiger partial charge on any atom is 0.343 e. The van der Waals surface area contributed by atoms with Crippen LogP contribution in [0.2, 0.25) is 0 Å². The van der Waals surface area contributed by atoms with Gasteiger partial charge in [0.2, 0.25) is 0 Å². The molecule has 10 heteroatoms. The van der Waals surface area contributed by atoms with E-state index in [-0.39, 0.29) is 28.8 Å². The number of nitrogens with one attached hydrogen (secondary N) is 1. The summed E-state index contributed by atoms with van der Waals surface area (Å²) in [5, 5.41) is 2.74. The number of nitrogens with two attached hydrogens (primary N) is 2. The van der Waals surface area contributed by atoms with E-state index in [0.29, 0.717) is 24.2 Å². The second-order valence-electron chi connectivity index (χ2n) is 9.70. The zero-order valence-electron chi connectivity index (χ0n) is 19.2. The van der Waals surface area contributed by atoms with Crippen LogP contribution in [0.5, 0.6) is 0 Å². The van der Waals surface area contributed by atoms with Crippen molar-refractivity contribution in [2.45, 2.75) is 71.6 Å². The number of primary amides is 1. The summed E-state index contributed by atoms with van der Waals surface area (Å²) in [5.41, 5.74) is 13.5. The maximum atomic E-state index is 12.7. The number of amides is 1. The Morgan fingerprint density at radius 2 is 1.97 bits per heavy atom. The molecule has 0 spiro atoms. The Labute approximate surface area is 192 Å². The van der Waals surface area contributed by atoms with Gasteiger partial charge < -0.3 is 26.1 Å². The van der Waals surface area contributed by atoms with Crippen molar-refractivity contribution in [1.29, 1.82) is 0 Å². The molecule has 2 aliphatic rings. The van der Waals surface area contributed by atoms with Crippen molar-refractivity contribution in [1.82, 2.24) is 14.5 Å². The fraction of sp³-hybridized carbons (Fsp3) is 0.522. The van der Waals surface area contributed by atoms with Gasteiger partial charge in [0.25, 0.3) is 5.91 Å². The fourth-order valence-electron chi connectivity index (χ4n) is 4.71. The van der Waals surface area contributed by atoms with Crippen molar-refractivity contribution in [2.75, 3.05) is 5.32 Å². The number of carbonyl (C=O) groups is 3. The van der Waals surface area contributed by atoms with E-state index in [1.165, 1.54) is 6.20 Å². The van der Waals surface area contributed by atoms with Gasteiger partial charge >= 0.3 is 5.97 Å². The predicted octanol–water partition coefficient (Wildman–Crippen LogP) is 2.01. The Bertz CT molecular complexity index is 1120. The van der Waals surface area contributed by atoms with Crippen molar-refractivity contribution in [2.24, 2.45) is 16.9 Å². The van der Waals surface area contributed by atoms with E-state index in [4.69, 9.17) is 16.2 Å². The van der Waals surface area contributed by atoms with Crippen LogP contribution in [0.1, 0.15) is 78.1 Å². The standard InChI is InChI=1S/C23H30N6O4/c1-12-11-29(14-8-23(2,3)9-15(30)17(12)14)16-10-26-18(20(25)31)21(27-16)28-19(24)22(32)33-13-6-4-5-7-13/h10-11,13,19H,4-9,24H2,1-3H3,(H2,25,31)(H,27,28). The monoisotopic (exact) mass is 454 g/mol. The number of rotatable bonds is 6. The molecule has 1 atom stereocenters. The molecule has 2 aromatic rings. The number of aryl methyl sites for hydroxylation is 1. The molecule has 1 amide bonds. The van der Waals surface area contributed by atoms with Crippen LogP contribution < -0.4 is 16.8 Å². The van der Waals surface area contributed by atoms with Gasteiger partial charge in [-0.15, -0.1) is 0 Å². The highest BCUT2D eigenvalue weighted by Gasteiger charge is 2.35. The molecule has 0 radical (unpaired) electrons. The molecule has 0 aliphatic heterocycles. The quantitative estimate of drug-likeness (QED) is 0.442. The summed E-state index contributed by atoms with van der Waals surface area (Å²) in [6.07, 6.45) is 6.66. The van der Waals surface area contributed by atoms with Gasteiger partial charge in [0.1, 0.15) is 6.10 Å². The molecule has 2 aromatic heterocycles. The van der Waals surface area contributed by atoms with Crippen molar-refractivity contribution >= 4 is 23.5 Å². The van der Waals surface area contributed by atoms with E-state index in [9.17, 15) is 14.4 Å². The third-order valence-electron chi connectivity index (χ3n) is 6.23. The van der Waals surface area contributed by atoms with E-state index < -0.39 is 18.0 Å². The molecule has 2 aliphatic carbocycles. The van der Waals surface area contributed by atoms with E-state index in [1.807, 2.05) is 27.0 Å². The van der Waals surface area contributed by atoms with Gasteiger partial charge in [-0.3, -0.25) is 9.59 Å². The summed E-state index contributed by atoms with van der Waals surface area (Å²) in [7, 11) is 0. The summed E-state index contributed by atoms with van der Waals surface area (Å²) >= 11 is 0. The molecule has 1 fully saturated rings. The molecule has 5 N–H and O–H groups in total. The topological polar surface area (TPSA) is 155 Å². The highest BCUT2D eigenvalue weighted by molar-refractivity contribution is 6.00. The molecule has 0 aromatic carbocycles. The molecule has 176 valence electrons. The van der Waals surface area contributed by atoms with Crippen molar-refractivity contribution in [3.8, 4) is 5.82 Å². The first-order valence-corrected chi connectivity index (χ1v) is 11.2. The van der Waals surface area contributed by atoms with E-state index in [0.717, 1.165) is 36.9 Å². The molecule has 1 saturated carbocycles. The Morgan fingerprint density at radius 1 is 1.27 bits per heavy atom. The van der Waals surface area contributed by atoms with Crippen LogP contribution in [0, 0.1) is 12.3 Å². The van der Waals surface area contributed by atoms with Crippen LogP contribution in [0.3, 0.4) is 0 Å². The third-order valence-corrected chi connectivity index (χ3v) is 6.23. The average Bonchev–Trinajstić information content (AvgIpc) is 3.34. The molecule has 4 rings (SSSR count). The van der Waals surface area contributed by atoms with Gasteiger partial charge in [0, 0.05) is 23.9 Å². The predicted molar refractivity (Wildman–Crippen MR) is 121 cm³/mol. The lowest BCUT2D eigenvalue weighted by Crippen LogP contribution is -2.41. The number of fused-ring (bicyclic) bond motifs is 1. The lowest BCUT2D eigenvalue weighted by Gasteiger charge is -2.29. The third kappa shape index (κ3) is 4.61. The Kier molecular flexibility index (Phi) is 5.96. The summed E-state index contributed by atoms with van der Waals surface area (Å²) in [6, 6.07) is 0. The maximum absolute atomic E-state index is 12.7. The van der Waals surface area contributed by atoms with E-state index in [2.05, 4.69) is 15.3 Å². The second-order valence-corrected chi connectivity index (χ2v) is 9.70. The summed E-state index contributed by atoms with van der Waals surface area (Å²) in [4.78, 5) is 45.8. The number of nitrogens with zero attached hydrogens (tertiary/aromatic N) is 3. The molecular formula is C23H30N6O4. The molecule has 0 saturated heterocycles. The molecule has 2 heterocycles. The number of esters is 1. The number of hydrogen-bond acceptors (Lipinski definition) is 8. The average molecular weight is 455 g/mol. The Morgan fingerprint density at radius 3 is 2.64 bits per heavy atom. The number of ether oxygens (including phenoxy) is 1. The largest absolute Gasteiger partial charge is 0.460 e. The van der Waals surface area contributed by atoms with Gasteiger partial charge in [-0.25, -0.2) is 14.8 Å². The summed E-state index contributed by atoms with van der Waals surface area (Å²) in [6.45, 7) is 5.97. The highest BCUT2D eigenvalue weighted by atomic mass is 16.5. The van der Waals surface area contributed by atoms with Crippen molar-refractivity contribution in [3.05, 3.63) is 34.9 Å². The molecular weight excluding hydrogens is 424 g/mol. The van der Waals surface area contributed by atoms with Gasteiger partial charge in [-0.1, -0.05) is 13.8 Å². The molecule has 0 bridgehead atoms. The van der Waals surface area contributed by atoms with Crippen LogP contribution in [-0.4, -0.2) is 44.5 Å². The van der Waals surface area contributed by atoms with Crippen LogP contribution in [0.15, 0.2) is 12.4 Å². The highest BCUT2D eigenvalue weighted by Crippen LogP contribution is 2.37. The minimum absolute atomic E-state index is 0.0163. The zero-order chi connectivity index (χ0) is 23.9. The van der Waals surface area contributed by atoms with Crippen LogP contribution in [0.25, 0.3) is 5.82 Å². The first-order valence-electron chi connectivity index (χ1n) is 11.2. The molecule has 10 nitrogen and oxygen atoms in total. The lowest BCUT2D eigenvalue weighted by molar-refractivity contribution is -0.149. The number of hydrogen-bond donors (Lipinski definition) is 3. The number of anilines is 1. The lowest BCUT2D eigenvalue weighted by atomic mass is 9.75. The Balaban J connectivity index is 1.66. The normalized spacial score (nSPS) is 18.6. The van der Waals surface area contributed by atoms with Gasteiger partial charge in [-0.05, 0) is 50.0 Å². The number of ketones is 1. The smallest absolute Gasteiger partial charge is 0.343 e. The first kappa shape index (κ1) is 22.9. The number of carbonyl (C=O) groups excluding carboxylic acids is 3. The van der Waals surface area contributed by atoms with E-state index >= 15 is 0 Å². The minimum Gasteiger partial charge on any atom is -0.460 e. The molecule has 1 unspecified atom stereocenters. The first-order chi connectivity index (χ1) is 15.6. The number of Topliss-reactive ketones (excluding diaryl/α,β-unsaturated/α-hetero) is 1. The van der Waals surface area contributed by atoms with Crippen LogP contribution in [0.4, 0.5) is 5.82 Å². The zero-order valence-corrected chi connectivity index (χ0v) is 19.2. The molecule has 33 heavy (non-hydrogen) atoms. The van der Waals surface area contributed by atoms with Crippen molar-refractivity contribution < 1.29 is 19.1 Å². The number of aromatic nitrogens is 3. The van der Waals surface area contributed by atoms with Crippen LogP contribution in [-0.2, 0) is 16.0 Å². The SMILES string of the molecule is Cc1cn(-c2cnc(C(N)=O)c(NC(N)C(=O)OC3CCCC3)n2)c2c1C(=O)CC(C)(C)C2. The summed E-state index contributed by atoms with van der Waals surface area (Å²) < 4.78 is 7.24. The van der Waals surface area contributed by atoms with Gasteiger partial charge in [0.05, 0.1) is 6.20 Å². The fourth-order valence-corrected chi connectivity index (χ4v) is 4.71. The van der Waals surface area contributed by atoms with E-state index in [1.54, 1.807) is 4.57 Å². The van der Waals surface area contributed by atoms with Gasteiger partial charge in [0.15, 0.2) is 29.3 Å². The Hall–Kier alpha value is -3.27. The van der Waals surface area contributed by atoms with Crippen LogP contribution >= 0.6 is 0 Å². The minimum atomic E-state index is -1.24. The summed E-state index contributed by atoms with van der Waals surface area (Å²) in [5.74, 6) is -0.985. The van der Waals surface area contributed by atoms with Gasteiger partial charge in [-0.2, -0.15) is 0 Å². The van der Waals surface area contributed by atoms with Crippen molar-refractivity contribution in [3.63, 3.8) is 0 Å².